The molecule has 0 unspecified atom stereocenters. The lowest BCUT2D eigenvalue weighted by molar-refractivity contribution is 0.0938. The summed E-state index contributed by atoms with van der Waals surface area (Å²) in [5, 5.41) is 14.0. The zero-order valence-corrected chi connectivity index (χ0v) is 13.4. The van der Waals surface area contributed by atoms with Gasteiger partial charge in [0.2, 0.25) is 0 Å². The lowest BCUT2D eigenvalue weighted by Crippen LogP contribution is -2.27. The first-order chi connectivity index (χ1) is 12.2. The van der Waals surface area contributed by atoms with Crippen LogP contribution in [-0.4, -0.2) is 36.1 Å². The van der Waals surface area contributed by atoms with E-state index in [0.717, 1.165) is 11.0 Å². The molecule has 0 aliphatic rings. The van der Waals surface area contributed by atoms with Crippen molar-refractivity contribution in [3.63, 3.8) is 0 Å². The van der Waals surface area contributed by atoms with Crippen LogP contribution in [0.25, 0.3) is 16.7 Å². The topological polar surface area (TPSA) is 101 Å². The fraction of sp³-hybridized carbons (Fsp3) is 0.118. The Morgan fingerprint density at radius 1 is 1.20 bits per heavy atom. The van der Waals surface area contributed by atoms with Gasteiger partial charge in [0.05, 0.1) is 22.8 Å². The number of imidazole rings is 1. The van der Waals surface area contributed by atoms with Crippen molar-refractivity contribution < 1.29 is 4.79 Å². The third-order valence-corrected chi connectivity index (χ3v) is 3.89. The van der Waals surface area contributed by atoms with Crippen LogP contribution in [0, 0.1) is 0 Å². The molecular formula is C17H15N7O. The molecular weight excluding hydrogens is 318 g/mol. The van der Waals surface area contributed by atoms with Crippen molar-refractivity contribution in [2.45, 2.75) is 13.0 Å². The minimum absolute atomic E-state index is 0.192. The molecule has 8 nitrogen and oxygen atoms in total. The van der Waals surface area contributed by atoms with E-state index in [2.05, 4.69) is 30.8 Å². The standard InChI is InChI=1S/C17H15N7O/c1-11(16-20-14-7-2-3-8-15(14)21-16)19-17(25)12-5-4-6-13(9-12)24-10-18-22-23-24/h2-11H,1H3,(H,19,25)(H,20,21)/t11-/m1/s1. The fourth-order valence-corrected chi connectivity index (χ4v) is 2.60. The molecule has 4 aromatic rings. The number of carbonyl (C=O) groups excluding carboxylic acids is 1. The lowest BCUT2D eigenvalue weighted by atomic mass is 10.1. The number of rotatable bonds is 4. The maximum absolute atomic E-state index is 12.6. The molecule has 1 atom stereocenters. The minimum atomic E-state index is -0.253. The number of nitrogens with zero attached hydrogens (tertiary/aromatic N) is 5. The number of aromatic nitrogens is 6. The van der Waals surface area contributed by atoms with Gasteiger partial charge >= 0.3 is 0 Å². The molecule has 4 rings (SSSR count). The predicted molar refractivity (Wildman–Crippen MR) is 91.1 cm³/mol. The zero-order valence-electron chi connectivity index (χ0n) is 13.4. The van der Waals surface area contributed by atoms with Crippen LogP contribution in [0.5, 0.6) is 0 Å². The van der Waals surface area contributed by atoms with Crippen LogP contribution in [0.3, 0.4) is 0 Å². The van der Waals surface area contributed by atoms with Gasteiger partial charge in [-0.3, -0.25) is 4.79 Å². The molecule has 1 amide bonds. The second-order valence-electron chi connectivity index (χ2n) is 5.64. The van der Waals surface area contributed by atoms with Crippen LogP contribution in [-0.2, 0) is 0 Å². The van der Waals surface area contributed by atoms with Gasteiger partial charge in [0.1, 0.15) is 12.2 Å². The number of tetrazole rings is 1. The molecule has 124 valence electrons. The second-order valence-corrected chi connectivity index (χ2v) is 5.64. The van der Waals surface area contributed by atoms with Gasteiger partial charge in [0, 0.05) is 5.56 Å². The van der Waals surface area contributed by atoms with Crippen molar-refractivity contribution in [1.82, 2.24) is 35.5 Å². The van der Waals surface area contributed by atoms with Crippen molar-refractivity contribution >= 4 is 16.9 Å². The van der Waals surface area contributed by atoms with Gasteiger partial charge in [-0.15, -0.1) is 5.10 Å². The van der Waals surface area contributed by atoms with E-state index in [1.807, 2.05) is 37.3 Å². The Bertz CT molecular complexity index is 989. The molecule has 0 saturated heterocycles. The molecule has 2 aromatic heterocycles. The maximum Gasteiger partial charge on any atom is 0.251 e. The number of fused-ring (bicyclic) bond motifs is 1. The predicted octanol–water partition coefficient (Wildman–Crippen LogP) is 2.03. The highest BCUT2D eigenvalue weighted by Gasteiger charge is 2.15. The van der Waals surface area contributed by atoms with Crippen molar-refractivity contribution in [3.8, 4) is 5.69 Å². The SMILES string of the molecule is C[C@@H](NC(=O)c1cccc(-n2cnnn2)c1)c1nc2ccccc2[nH]1. The molecule has 2 N–H and O–H groups in total. The van der Waals surface area contributed by atoms with E-state index in [-0.39, 0.29) is 11.9 Å². The van der Waals surface area contributed by atoms with Gasteiger partial charge in [0.25, 0.3) is 5.91 Å². The molecule has 0 aliphatic carbocycles. The summed E-state index contributed by atoms with van der Waals surface area (Å²) >= 11 is 0. The normalized spacial score (nSPS) is 12.2. The molecule has 0 spiro atoms. The van der Waals surface area contributed by atoms with E-state index >= 15 is 0 Å². The Hall–Kier alpha value is -3.55. The molecule has 0 fully saturated rings. The van der Waals surface area contributed by atoms with Gasteiger partial charge in [-0.05, 0) is 47.7 Å². The Labute approximate surface area is 142 Å². The molecule has 0 bridgehead atoms. The van der Waals surface area contributed by atoms with Crippen LogP contribution in [0.15, 0.2) is 54.9 Å². The summed E-state index contributed by atoms with van der Waals surface area (Å²) < 4.78 is 1.50. The van der Waals surface area contributed by atoms with Crippen LogP contribution < -0.4 is 5.32 Å². The summed E-state index contributed by atoms with van der Waals surface area (Å²) in [5.41, 5.74) is 3.06. The molecule has 2 heterocycles. The van der Waals surface area contributed by atoms with E-state index in [9.17, 15) is 4.79 Å². The Morgan fingerprint density at radius 2 is 2.08 bits per heavy atom. The first-order valence-electron chi connectivity index (χ1n) is 7.79. The second kappa shape index (κ2) is 6.16. The number of carbonyl (C=O) groups is 1. The molecule has 8 heteroatoms. The van der Waals surface area contributed by atoms with Gasteiger partial charge in [-0.25, -0.2) is 9.67 Å². The summed E-state index contributed by atoms with van der Waals surface area (Å²) in [4.78, 5) is 20.3. The van der Waals surface area contributed by atoms with E-state index in [0.29, 0.717) is 17.1 Å². The van der Waals surface area contributed by atoms with E-state index in [4.69, 9.17) is 0 Å². The first-order valence-corrected chi connectivity index (χ1v) is 7.79. The summed E-state index contributed by atoms with van der Waals surface area (Å²) in [6, 6.07) is 14.6. The number of hydrogen-bond donors (Lipinski definition) is 2. The van der Waals surface area contributed by atoms with Crippen LogP contribution in [0.1, 0.15) is 29.1 Å². The minimum Gasteiger partial charge on any atom is -0.342 e. The average molecular weight is 333 g/mol. The Kier molecular flexibility index (Phi) is 3.70. The summed E-state index contributed by atoms with van der Waals surface area (Å²) in [5.74, 6) is 0.522. The zero-order chi connectivity index (χ0) is 17.2. The number of H-pyrrole nitrogens is 1. The monoisotopic (exact) mass is 333 g/mol. The molecule has 0 radical (unpaired) electrons. The van der Waals surface area contributed by atoms with E-state index < -0.39 is 0 Å². The van der Waals surface area contributed by atoms with Crippen molar-refractivity contribution in [3.05, 3.63) is 66.2 Å². The van der Waals surface area contributed by atoms with Gasteiger partial charge < -0.3 is 10.3 Å². The highest BCUT2D eigenvalue weighted by atomic mass is 16.1. The van der Waals surface area contributed by atoms with E-state index in [1.54, 1.807) is 18.2 Å². The maximum atomic E-state index is 12.6. The number of benzene rings is 2. The van der Waals surface area contributed by atoms with Crippen molar-refractivity contribution in [1.29, 1.82) is 0 Å². The first kappa shape index (κ1) is 15.0. The molecule has 25 heavy (non-hydrogen) atoms. The van der Waals surface area contributed by atoms with Gasteiger partial charge in [-0.2, -0.15) is 0 Å². The third kappa shape index (κ3) is 2.97. The van der Waals surface area contributed by atoms with Crippen LogP contribution >= 0.6 is 0 Å². The number of hydrogen-bond acceptors (Lipinski definition) is 5. The fourth-order valence-electron chi connectivity index (χ4n) is 2.60. The lowest BCUT2D eigenvalue weighted by Gasteiger charge is -2.12. The quantitative estimate of drug-likeness (QED) is 0.595. The summed E-state index contributed by atoms with van der Waals surface area (Å²) in [6.45, 7) is 1.89. The molecule has 0 saturated carbocycles. The largest absolute Gasteiger partial charge is 0.342 e. The molecule has 0 aliphatic heterocycles. The Morgan fingerprint density at radius 3 is 2.88 bits per heavy atom. The number of amides is 1. The number of nitrogens with one attached hydrogen (secondary N) is 2. The van der Waals surface area contributed by atoms with Crippen LogP contribution in [0.2, 0.25) is 0 Å². The van der Waals surface area contributed by atoms with Crippen LogP contribution in [0.4, 0.5) is 0 Å². The van der Waals surface area contributed by atoms with Gasteiger partial charge in [-0.1, -0.05) is 18.2 Å². The third-order valence-electron chi connectivity index (χ3n) is 3.89. The van der Waals surface area contributed by atoms with Gasteiger partial charge in [0.15, 0.2) is 0 Å². The Balaban J connectivity index is 1.54. The summed E-state index contributed by atoms with van der Waals surface area (Å²) in [6.07, 6.45) is 1.48. The van der Waals surface area contributed by atoms with Crippen molar-refractivity contribution in [2.24, 2.45) is 0 Å². The average Bonchev–Trinajstić information content (AvgIpc) is 3.31. The molecule has 2 aromatic carbocycles. The summed E-state index contributed by atoms with van der Waals surface area (Å²) in [7, 11) is 0. The van der Waals surface area contributed by atoms with Crippen molar-refractivity contribution in [2.75, 3.05) is 0 Å². The number of para-hydroxylation sites is 2. The van der Waals surface area contributed by atoms with E-state index in [1.165, 1.54) is 11.0 Å². The highest BCUT2D eigenvalue weighted by molar-refractivity contribution is 5.95. The smallest absolute Gasteiger partial charge is 0.251 e. The number of aromatic amines is 1. The highest BCUT2D eigenvalue weighted by Crippen LogP contribution is 2.16.